The average molecular weight is 562 g/mol. The second kappa shape index (κ2) is 10.5. The van der Waals surface area contributed by atoms with Crippen LogP contribution in [-0.4, -0.2) is 64.4 Å². The number of sulfone groups is 1. The number of hydrogen-bond donors (Lipinski definition) is 1. The molecule has 3 aromatic rings. The van der Waals surface area contributed by atoms with Crippen LogP contribution in [-0.2, 0) is 24.8 Å². The third-order valence-electron chi connectivity index (χ3n) is 5.34. The number of aliphatic hydroxyl groups is 1. The van der Waals surface area contributed by atoms with Gasteiger partial charge in [0, 0.05) is 12.3 Å². The van der Waals surface area contributed by atoms with Gasteiger partial charge in [0.2, 0.25) is 0 Å². The van der Waals surface area contributed by atoms with Crippen LogP contribution in [0.3, 0.4) is 0 Å². The van der Waals surface area contributed by atoms with E-state index < -0.39 is 54.3 Å². The van der Waals surface area contributed by atoms with Gasteiger partial charge in [0.05, 0.1) is 16.0 Å². The summed E-state index contributed by atoms with van der Waals surface area (Å²) in [6.07, 6.45) is -0.363. The summed E-state index contributed by atoms with van der Waals surface area (Å²) < 4.78 is 60.5. The lowest BCUT2D eigenvalue weighted by Gasteiger charge is -2.17. The number of ether oxygens (including phenoxy) is 1. The van der Waals surface area contributed by atoms with E-state index in [0.29, 0.717) is 10.6 Å². The van der Waals surface area contributed by atoms with Gasteiger partial charge in [0.1, 0.15) is 35.7 Å². The quantitative estimate of drug-likeness (QED) is 0.288. The lowest BCUT2D eigenvalue weighted by molar-refractivity contribution is -0.120. The van der Waals surface area contributed by atoms with Gasteiger partial charge in [-0.25, -0.2) is 8.42 Å². The highest BCUT2D eigenvalue weighted by molar-refractivity contribution is 7.92. The van der Waals surface area contributed by atoms with E-state index in [-0.39, 0.29) is 29.2 Å². The summed E-state index contributed by atoms with van der Waals surface area (Å²) in [6, 6.07) is 15.5. The minimum absolute atomic E-state index is 0.139. The number of hydroxylamine groups is 2. The maximum absolute atomic E-state index is 12.9. The monoisotopic (exact) mass is 561 g/mol. The van der Waals surface area contributed by atoms with Crippen LogP contribution in [0.2, 0.25) is 0 Å². The number of benzene rings is 3. The van der Waals surface area contributed by atoms with E-state index in [0.717, 1.165) is 12.3 Å². The van der Waals surface area contributed by atoms with Crippen LogP contribution in [0.15, 0.2) is 76.5 Å². The zero-order valence-electron chi connectivity index (χ0n) is 20.2. The molecule has 0 radical (unpaired) electrons. The van der Waals surface area contributed by atoms with Crippen LogP contribution in [0.4, 0.5) is 0 Å². The van der Waals surface area contributed by atoms with Crippen molar-refractivity contribution in [2.45, 2.75) is 22.8 Å². The number of fused-ring (bicyclic) bond motifs is 1. The first-order chi connectivity index (χ1) is 17.9. The van der Waals surface area contributed by atoms with Gasteiger partial charge in [-0.15, -0.1) is 5.06 Å². The van der Waals surface area contributed by atoms with Crippen molar-refractivity contribution in [3.63, 3.8) is 0 Å². The molecule has 0 saturated heterocycles. The molecule has 1 unspecified atom stereocenters. The topological polar surface area (TPSA) is 154 Å². The van der Waals surface area contributed by atoms with Crippen molar-refractivity contribution < 1.29 is 45.3 Å². The molecule has 4 rings (SSSR count). The summed E-state index contributed by atoms with van der Waals surface area (Å²) >= 11 is 0. The molecule has 1 atom stereocenters. The van der Waals surface area contributed by atoms with Crippen molar-refractivity contribution in [2.24, 2.45) is 0 Å². The van der Waals surface area contributed by atoms with Crippen molar-refractivity contribution in [2.75, 3.05) is 19.5 Å². The number of amides is 2. The third kappa shape index (κ3) is 5.86. The Morgan fingerprint density at radius 3 is 1.97 bits per heavy atom. The minimum Gasteiger partial charge on any atom is -0.491 e. The second-order valence-electron chi connectivity index (χ2n) is 8.45. The van der Waals surface area contributed by atoms with Crippen molar-refractivity contribution in [3.05, 3.63) is 83.4 Å². The van der Waals surface area contributed by atoms with Crippen LogP contribution in [0.5, 0.6) is 11.5 Å². The van der Waals surface area contributed by atoms with E-state index in [9.17, 15) is 31.5 Å². The van der Waals surface area contributed by atoms with Gasteiger partial charge in [-0.3, -0.25) is 14.4 Å². The molecule has 0 aliphatic carbocycles. The van der Waals surface area contributed by atoms with Crippen LogP contribution < -0.4 is 8.92 Å². The summed E-state index contributed by atoms with van der Waals surface area (Å²) in [6.45, 7) is 0.894. The molecule has 1 N–H and O–H groups in total. The van der Waals surface area contributed by atoms with Crippen molar-refractivity contribution >= 4 is 31.8 Å². The summed E-state index contributed by atoms with van der Waals surface area (Å²) in [5, 5.41) is 10.8. The molecule has 1 aliphatic heterocycles. The first kappa shape index (κ1) is 27.3. The number of aliphatic hydroxyl groups excluding tert-OH is 1. The molecular formula is C25H23NO10S2. The number of hydrogen-bond acceptors (Lipinski definition) is 10. The molecule has 200 valence electrons. The lowest BCUT2D eigenvalue weighted by Crippen LogP contribution is -2.35. The maximum Gasteiger partial charge on any atom is 0.340 e. The molecule has 2 amide bonds. The molecule has 0 aromatic heterocycles. The van der Waals surface area contributed by atoms with Crippen LogP contribution in [0.1, 0.15) is 26.3 Å². The van der Waals surface area contributed by atoms with Gasteiger partial charge in [0.25, 0.3) is 11.8 Å². The Kier molecular flexibility index (Phi) is 7.56. The SMILES string of the molecule is Cc1cc(OCC(O)CON2C(=O)c3ccccc3C2=O)cc(OS(=O)(=O)c2ccccc2S(C)(=O)=O)c1. The molecule has 11 nitrogen and oxygen atoms in total. The fourth-order valence-corrected chi connectivity index (χ4v) is 6.18. The maximum atomic E-state index is 12.9. The Hall–Kier alpha value is -3.78. The first-order valence-electron chi connectivity index (χ1n) is 11.1. The largest absolute Gasteiger partial charge is 0.491 e. The molecule has 0 bridgehead atoms. The number of carbonyl (C=O) groups is 2. The van der Waals surface area contributed by atoms with E-state index in [4.69, 9.17) is 13.8 Å². The van der Waals surface area contributed by atoms with Crippen molar-refractivity contribution in [1.29, 1.82) is 0 Å². The van der Waals surface area contributed by atoms with Gasteiger partial charge in [0.15, 0.2) is 9.84 Å². The second-order valence-corrected chi connectivity index (χ2v) is 11.9. The summed E-state index contributed by atoms with van der Waals surface area (Å²) in [4.78, 5) is 29.0. The molecule has 38 heavy (non-hydrogen) atoms. The van der Waals surface area contributed by atoms with Gasteiger partial charge >= 0.3 is 10.1 Å². The molecule has 0 saturated carbocycles. The number of imide groups is 1. The van der Waals surface area contributed by atoms with E-state index in [1.54, 1.807) is 25.1 Å². The van der Waals surface area contributed by atoms with Gasteiger partial charge in [-0.2, -0.15) is 8.42 Å². The predicted molar refractivity (Wildman–Crippen MR) is 133 cm³/mol. The first-order valence-corrected chi connectivity index (χ1v) is 14.4. The lowest BCUT2D eigenvalue weighted by atomic mass is 10.1. The predicted octanol–water partition coefficient (Wildman–Crippen LogP) is 2.13. The fourth-order valence-electron chi connectivity index (χ4n) is 3.67. The molecule has 0 fully saturated rings. The van der Waals surface area contributed by atoms with E-state index in [1.807, 2.05) is 0 Å². The Bertz CT molecular complexity index is 1580. The normalized spacial score (nSPS) is 14.3. The van der Waals surface area contributed by atoms with Crippen molar-refractivity contribution in [3.8, 4) is 11.5 Å². The Labute approximate surface area is 219 Å². The summed E-state index contributed by atoms with van der Waals surface area (Å²) in [5.74, 6) is -1.28. The molecule has 0 spiro atoms. The number of carbonyl (C=O) groups excluding carboxylic acids is 2. The molecule has 1 aliphatic rings. The van der Waals surface area contributed by atoms with E-state index >= 15 is 0 Å². The average Bonchev–Trinajstić information content (AvgIpc) is 3.10. The minimum atomic E-state index is -4.52. The van der Waals surface area contributed by atoms with Crippen LogP contribution in [0.25, 0.3) is 0 Å². The number of rotatable bonds is 10. The Balaban J connectivity index is 1.40. The smallest absolute Gasteiger partial charge is 0.340 e. The van der Waals surface area contributed by atoms with Gasteiger partial charge in [-0.05, 0) is 48.9 Å². The van der Waals surface area contributed by atoms with Crippen LogP contribution >= 0.6 is 0 Å². The molecule has 1 heterocycles. The molecule has 3 aromatic carbocycles. The fraction of sp³-hybridized carbons (Fsp3) is 0.200. The molecule has 13 heteroatoms. The van der Waals surface area contributed by atoms with Gasteiger partial charge < -0.3 is 14.0 Å². The number of aryl methyl sites for hydroxylation is 1. The highest BCUT2D eigenvalue weighted by Crippen LogP contribution is 2.28. The van der Waals surface area contributed by atoms with E-state index in [1.165, 1.54) is 42.5 Å². The summed E-state index contributed by atoms with van der Waals surface area (Å²) in [7, 11) is -8.36. The van der Waals surface area contributed by atoms with Crippen molar-refractivity contribution in [1.82, 2.24) is 5.06 Å². The van der Waals surface area contributed by atoms with Crippen LogP contribution in [0, 0.1) is 6.92 Å². The summed E-state index contributed by atoms with van der Waals surface area (Å²) in [5.41, 5.74) is 0.954. The third-order valence-corrected chi connectivity index (χ3v) is 7.93. The molecular weight excluding hydrogens is 538 g/mol. The number of nitrogens with zero attached hydrogens (tertiary/aromatic N) is 1. The highest BCUT2D eigenvalue weighted by Gasteiger charge is 2.36. The highest BCUT2D eigenvalue weighted by atomic mass is 32.2. The standard InChI is InChI=1S/C25H23NO10S2/c1-16-11-18(13-19(12-16)36-38(32,33)23-10-6-5-9-22(23)37(2,30)31)34-14-17(27)15-35-26-24(28)20-7-3-4-8-21(20)25(26)29/h3-13,17,27H,14-15H2,1-2H3. The zero-order chi connectivity index (χ0) is 27.7. The Morgan fingerprint density at radius 2 is 1.37 bits per heavy atom. The zero-order valence-corrected chi connectivity index (χ0v) is 21.9. The van der Waals surface area contributed by atoms with E-state index in [2.05, 4.69) is 0 Å². The van der Waals surface area contributed by atoms with Gasteiger partial charge in [-0.1, -0.05) is 24.3 Å². The Morgan fingerprint density at radius 1 is 0.816 bits per heavy atom.